The lowest BCUT2D eigenvalue weighted by molar-refractivity contribution is 0.0508. The SMILES string of the molecule is BrBr.CCOC(=O)c1cc2n(n1)CCC2.CCOC(=O)c1nn2c(c1Br)CCC2.[2H]CC. The number of halogens is 3. The van der Waals surface area contributed by atoms with E-state index in [0.717, 1.165) is 54.6 Å². The molecule has 8 nitrogen and oxygen atoms in total. The molecule has 4 heterocycles. The summed E-state index contributed by atoms with van der Waals surface area (Å²) in [5, 5.41) is 8.36. The van der Waals surface area contributed by atoms with E-state index in [1.165, 1.54) is 0 Å². The smallest absolute Gasteiger partial charge is 0.360 e. The molecule has 0 fully saturated rings. The molecule has 0 saturated carbocycles. The van der Waals surface area contributed by atoms with Crippen molar-refractivity contribution < 1.29 is 20.4 Å². The molecule has 0 atom stereocenters. The number of carbonyl (C=O) groups is 2. The molecule has 0 aromatic carbocycles. The Morgan fingerprint density at radius 3 is 2.23 bits per heavy atom. The summed E-state index contributed by atoms with van der Waals surface area (Å²) >= 11 is 8.89. The highest BCUT2D eigenvalue weighted by Crippen LogP contribution is 2.27. The second-order valence-electron chi connectivity index (χ2n) is 6.22. The Morgan fingerprint density at radius 2 is 1.65 bits per heavy atom. The second-order valence-corrected chi connectivity index (χ2v) is 7.02. The molecule has 2 aromatic rings. The van der Waals surface area contributed by atoms with Gasteiger partial charge in [0.05, 0.1) is 23.4 Å². The van der Waals surface area contributed by atoms with Gasteiger partial charge in [-0.3, -0.25) is 9.36 Å². The Morgan fingerprint density at radius 1 is 1.06 bits per heavy atom. The van der Waals surface area contributed by atoms with Crippen LogP contribution in [0.15, 0.2) is 10.5 Å². The molecule has 0 unspecified atom stereocenters. The fraction of sp³-hybridized carbons (Fsp3) is 0.600. The highest BCUT2D eigenvalue weighted by molar-refractivity contribution is 9.93. The van der Waals surface area contributed by atoms with E-state index in [0.29, 0.717) is 31.5 Å². The minimum absolute atomic E-state index is 0.315. The van der Waals surface area contributed by atoms with E-state index in [4.69, 9.17) is 10.8 Å². The molecule has 0 amide bonds. The average molecular weight is 630 g/mol. The van der Waals surface area contributed by atoms with Crippen LogP contribution in [0.1, 0.15) is 74.2 Å². The number of aromatic nitrogens is 4. The molecule has 2 aliphatic rings. The number of aryl methyl sites for hydroxylation is 3. The number of fused-ring (bicyclic) bond motifs is 2. The van der Waals surface area contributed by atoms with Crippen molar-refractivity contribution in [1.29, 1.82) is 0 Å². The Kier molecular flexibility index (Phi) is 12.4. The second kappa shape index (κ2) is 14.8. The van der Waals surface area contributed by atoms with Crippen LogP contribution in [-0.2, 0) is 35.4 Å². The van der Waals surface area contributed by atoms with Gasteiger partial charge in [0.2, 0.25) is 0 Å². The summed E-state index contributed by atoms with van der Waals surface area (Å²) in [6, 6.07) is 1.82. The standard InChI is InChI=1S/C9H11BrN2O2.C9H12N2O2.C2H6.Br2/c1-2-14-9(13)8-7(10)6-4-3-5-12(6)11-8;1-2-13-9(12)8-6-7-4-3-5-11(7)10-8;2*1-2/h2-5H2,1H3;6H,2-5H2,1H3;1-2H3;/i;;1D;. The quantitative estimate of drug-likeness (QED) is 0.416. The largest absolute Gasteiger partial charge is 0.461 e. The lowest BCUT2D eigenvalue weighted by Crippen LogP contribution is -2.07. The number of hydrogen-bond donors (Lipinski definition) is 0. The maximum absolute atomic E-state index is 11.4. The van der Waals surface area contributed by atoms with Gasteiger partial charge in [-0.1, -0.05) is 13.8 Å². The first-order valence-electron chi connectivity index (χ1n) is 10.8. The molecule has 2 aliphatic heterocycles. The van der Waals surface area contributed by atoms with Gasteiger partial charge in [0.1, 0.15) is 0 Å². The van der Waals surface area contributed by atoms with Crippen LogP contribution in [0.3, 0.4) is 0 Å². The number of rotatable bonds is 4. The molecule has 0 saturated heterocycles. The van der Waals surface area contributed by atoms with Gasteiger partial charge in [-0.05, 0) is 61.5 Å². The number of hydrogen-bond acceptors (Lipinski definition) is 6. The highest BCUT2D eigenvalue weighted by Gasteiger charge is 2.24. The van der Waals surface area contributed by atoms with E-state index in [1.807, 2.05) is 15.4 Å². The van der Waals surface area contributed by atoms with Crippen molar-refractivity contribution in [1.82, 2.24) is 19.6 Å². The third kappa shape index (κ3) is 7.42. The molecule has 2 aromatic heterocycles. The summed E-state index contributed by atoms with van der Waals surface area (Å²) in [5.41, 5.74) is 3.09. The van der Waals surface area contributed by atoms with Gasteiger partial charge in [-0.25, -0.2) is 9.59 Å². The van der Waals surface area contributed by atoms with Gasteiger partial charge in [-0.2, -0.15) is 10.2 Å². The van der Waals surface area contributed by atoms with Crippen molar-refractivity contribution in [2.45, 2.75) is 66.4 Å². The zero-order valence-corrected chi connectivity index (χ0v) is 22.8. The first kappa shape index (κ1) is 26.1. The summed E-state index contributed by atoms with van der Waals surface area (Å²) in [4.78, 5) is 22.7. The lowest BCUT2D eigenvalue weighted by Gasteiger charge is -1.98. The van der Waals surface area contributed by atoms with E-state index in [1.54, 1.807) is 20.8 Å². The highest BCUT2D eigenvalue weighted by atomic mass is 80.9. The average Bonchev–Trinajstić information content (AvgIpc) is 3.53. The Labute approximate surface area is 208 Å². The predicted molar refractivity (Wildman–Crippen MR) is 130 cm³/mol. The maximum Gasteiger partial charge on any atom is 0.360 e. The van der Waals surface area contributed by atoms with Crippen molar-refractivity contribution in [2.75, 3.05) is 13.2 Å². The Balaban J connectivity index is 0.000000268. The zero-order valence-electron chi connectivity index (χ0n) is 19.0. The number of ether oxygens (including phenoxy) is 2. The number of esters is 2. The van der Waals surface area contributed by atoms with Crippen LogP contribution < -0.4 is 0 Å². The summed E-state index contributed by atoms with van der Waals surface area (Å²) < 4.78 is 20.5. The minimum atomic E-state index is -0.346. The van der Waals surface area contributed by atoms with Crippen molar-refractivity contribution >= 4 is 56.1 Å². The number of nitrogens with zero attached hydrogens (tertiary/aromatic N) is 4. The predicted octanol–water partition coefficient (Wildman–Crippen LogP) is 5.49. The fourth-order valence-electron chi connectivity index (χ4n) is 3.19. The summed E-state index contributed by atoms with van der Waals surface area (Å²) in [6.07, 6.45) is 4.23. The first-order valence-corrected chi connectivity index (χ1v) is 14.6. The van der Waals surface area contributed by atoms with Crippen LogP contribution in [-0.4, -0.2) is 44.7 Å². The van der Waals surface area contributed by atoms with Gasteiger partial charge in [0.25, 0.3) is 0 Å². The summed E-state index contributed by atoms with van der Waals surface area (Å²) in [7, 11) is 0. The van der Waals surface area contributed by atoms with Gasteiger partial charge in [-0.15, -0.1) is 0 Å². The van der Waals surface area contributed by atoms with E-state index in [2.05, 4.69) is 54.4 Å². The molecule has 0 radical (unpaired) electrons. The molecular weight excluding hydrogens is 600 g/mol. The van der Waals surface area contributed by atoms with Crippen LogP contribution >= 0.6 is 44.2 Å². The molecule has 0 spiro atoms. The topological polar surface area (TPSA) is 88.2 Å². The molecule has 0 N–H and O–H groups in total. The Bertz CT molecular complexity index is 852. The number of carbonyl (C=O) groups excluding carboxylic acids is 2. The van der Waals surface area contributed by atoms with Crippen molar-refractivity contribution in [3.63, 3.8) is 0 Å². The van der Waals surface area contributed by atoms with Gasteiger partial charge < -0.3 is 9.47 Å². The van der Waals surface area contributed by atoms with Crippen molar-refractivity contribution in [3.8, 4) is 0 Å². The van der Waals surface area contributed by atoms with Crippen molar-refractivity contribution in [2.24, 2.45) is 0 Å². The molecule has 174 valence electrons. The van der Waals surface area contributed by atoms with Crippen LogP contribution in [0.2, 0.25) is 0 Å². The fourth-order valence-corrected chi connectivity index (χ4v) is 3.83. The van der Waals surface area contributed by atoms with Gasteiger partial charge in [0, 0.05) is 48.4 Å². The van der Waals surface area contributed by atoms with Gasteiger partial charge in [0.15, 0.2) is 11.4 Å². The molecular formula is C20H29Br3N4O4. The van der Waals surface area contributed by atoms with E-state index in [-0.39, 0.29) is 11.9 Å². The molecule has 0 aliphatic carbocycles. The van der Waals surface area contributed by atoms with E-state index in [9.17, 15) is 9.59 Å². The van der Waals surface area contributed by atoms with E-state index < -0.39 is 0 Å². The third-order valence-corrected chi connectivity index (χ3v) is 5.23. The van der Waals surface area contributed by atoms with Crippen LogP contribution in [0.4, 0.5) is 0 Å². The molecule has 31 heavy (non-hydrogen) atoms. The van der Waals surface area contributed by atoms with Crippen LogP contribution in [0, 0.1) is 0 Å². The van der Waals surface area contributed by atoms with Crippen LogP contribution in [0.25, 0.3) is 0 Å². The molecule has 0 bridgehead atoms. The molecule has 11 heteroatoms. The van der Waals surface area contributed by atoms with E-state index >= 15 is 0 Å². The normalized spacial score (nSPS) is 13.2. The zero-order chi connectivity index (χ0) is 24.1. The summed E-state index contributed by atoms with van der Waals surface area (Å²) in [5.74, 6) is -0.661. The minimum Gasteiger partial charge on any atom is -0.461 e. The summed E-state index contributed by atoms with van der Waals surface area (Å²) in [6.45, 7) is 8.48. The van der Waals surface area contributed by atoms with Gasteiger partial charge >= 0.3 is 11.9 Å². The van der Waals surface area contributed by atoms with Crippen molar-refractivity contribution in [3.05, 3.63) is 33.3 Å². The Hall–Kier alpha value is -1.20. The first-order chi connectivity index (χ1) is 15.5. The molecule has 4 rings (SSSR count). The third-order valence-electron chi connectivity index (χ3n) is 4.40. The lowest BCUT2D eigenvalue weighted by atomic mass is 10.3. The van der Waals surface area contributed by atoms with Crippen LogP contribution in [0.5, 0.6) is 0 Å². The maximum atomic E-state index is 11.4. The monoisotopic (exact) mass is 627 g/mol.